The maximum absolute atomic E-state index is 10.7. The number of nitrogens with zero attached hydrogens (tertiary/aromatic N) is 1. The normalized spacial score (nSPS) is 9.94. The predicted molar refractivity (Wildman–Crippen MR) is 66.6 cm³/mol. The molecule has 0 fully saturated rings. The molecule has 0 spiro atoms. The van der Waals surface area contributed by atoms with Gasteiger partial charge in [-0.3, -0.25) is 9.59 Å². The fraction of sp³-hybridized carbons (Fsp3) is 0.385. The first-order chi connectivity index (χ1) is 8.17. The van der Waals surface area contributed by atoms with Crippen molar-refractivity contribution < 1.29 is 14.7 Å². The molecule has 0 radical (unpaired) electrons. The topological polar surface area (TPSA) is 57.6 Å². The van der Waals surface area contributed by atoms with Gasteiger partial charge < -0.3 is 10.0 Å². The number of benzene rings is 1. The lowest BCUT2D eigenvalue weighted by Gasteiger charge is -2.23. The number of carbonyl (C=O) groups excluding carboxylic acids is 1. The molecule has 1 aromatic carbocycles. The van der Waals surface area contributed by atoms with E-state index in [1.165, 1.54) is 0 Å². The monoisotopic (exact) mass is 235 g/mol. The van der Waals surface area contributed by atoms with Crippen LogP contribution in [0.5, 0.6) is 0 Å². The van der Waals surface area contributed by atoms with E-state index in [4.69, 9.17) is 5.11 Å². The van der Waals surface area contributed by atoms with Crippen molar-refractivity contribution in [2.45, 2.75) is 19.8 Å². The molecule has 0 atom stereocenters. The Balaban J connectivity index is 2.80. The highest BCUT2D eigenvalue weighted by atomic mass is 16.4. The lowest BCUT2D eigenvalue weighted by atomic mass is 10.2. The van der Waals surface area contributed by atoms with Crippen LogP contribution in [-0.2, 0) is 4.79 Å². The molecule has 0 heterocycles. The second-order valence-corrected chi connectivity index (χ2v) is 3.84. The molecule has 0 saturated heterocycles. The molecule has 0 unspecified atom stereocenters. The van der Waals surface area contributed by atoms with Gasteiger partial charge in [0.1, 0.15) is 6.29 Å². The summed E-state index contributed by atoms with van der Waals surface area (Å²) in [6.45, 7) is 3.29. The average molecular weight is 235 g/mol. The molecule has 92 valence electrons. The van der Waals surface area contributed by atoms with Crippen LogP contribution in [0.4, 0.5) is 5.69 Å². The van der Waals surface area contributed by atoms with Crippen LogP contribution >= 0.6 is 0 Å². The van der Waals surface area contributed by atoms with Crippen LogP contribution in [0.1, 0.15) is 30.1 Å². The zero-order valence-corrected chi connectivity index (χ0v) is 9.93. The smallest absolute Gasteiger partial charge is 0.305 e. The number of aliphatic carboxylic acids is 1. The minimum absolute atomic E-state index is 0.102. The predicted octanol–water partition coefficient (Wildman–Crippen LogP) is 2.19. The van der Waals surface area contributed by atoms with E-state index in [-0.39, 0.29) is 6.42 Å². The molecule has 0 aromatic heterocycles. The zero-order valence-electron chi connectivity index (χ0n) is 9.93. The summed E-state index contributed by atoms with van der Waals surface area (Å²) in [7, 11) is 0. The van der Waals surface area contributed by atoms with Gasteiger partial charge >= 0.3 is 5.97 Å². The first kappa shape index (κ1) is 13.2. The third-order valence-electron chi connectivity index (χ3n) is 2.46. The van der Waals surface area contributed by atoms with Crippen molar-refractivity contribution in [2.24, 2.45) is 0 Å². The summed E-state index contributed by atoms with van der Waals surface area (Å²) in [6, 6.07) is 7.22. The number of carboxylic acids is 1. The molecule has 0 aliphatic carbocycles. The standard InChI is InChI=1S/C13H17NO3/c1-2-7-14(8-6-13(16)17)12-5-3-4-11(9-12)10-15/h3-5,9-10H,2,6-8H2,1H3,(H,16,17). The van der Waals surface area contributed by atoms with Crippen LogP contribution in [-0.4, -0.2) is 30.5 Å². The van der Waals surface area contributed by atoms with Crippen molar-refractivity contribution in [2.75, 3.05) is 18.0 Å². The number of rotatable bonds is 7. The Bertz CT molecular complexity index is 390. The SMILES string of the molecule is CCCN(CCC(=O)O)c1cccc(C=O)c1. The van der Waals surface area contributed by atoms with E-state index < -0.39 is 5.97 Å². The van der Waals surface area contributed by atoms with E-state index in [0.717, 1.165) is 24.9 Å². The van der Waals surface area contributed by atoms with Gasteiger partial charge in [-0.25, -0.2) is 0 Å². The highest BCUT2D eigenvalue weighted by molar-refractivity contribution is 5.77. The zero-order chi connectivity index (χ0) is 12.7. The van der Waals surface area contributed by atoms with Crippen molar-refractivity contribution in [1.82, 2.24) is 0 Å². The Morgan fingerprint density at radius 3 is 2.76 bits per heavy atom. The highest BCUT2D eigenvalue weighted by Gasteiger charge is 2.08. The van der Waals surface area contributed by atoms with Gasteiger partial charge in [-0.15, -0.1) is 0 Å². The van der Waals surface area contributed by atoms with E-state index >= 15 is 0 Å². The second-order valence-electron chi connectivity index (χ2n) is 3.84. The van der Waals surface area contributed by atoms with E-state index in [1.54, 1.807) is 12.1 Å². The van der Waals surface area contributed by atoms with Crippen LogP contribution in [0.2, 0.25) is 0 Å². The number of hydrogen-bond acceptors (Lipinski definition) is 3. The van der Waals surface area contributed by atoms with Crippen LogP contribution < -0.4 is 4.90 Å². The Labute approximate surface area is 101 Å². The molecule has 0 bridgehead atoms. The minimum Gasteiger partial charge on any atom is -0.481 e. The molecule has 1 aromatic rings. The maximum atomic E-state index is 10.7. The molecule has 0 amide bonds. The van der Waals surface area contributed by atoms with Crippen LogP contribution in [0.25, 0.3) is 0 Å². The lowest BCUT2D eigenvalue weighted by Crippen LogP contribution is -2.27. The summed E-state index contributed by atoms with van der Waals surface area (Å²) in [5.41, 5.74) is 1.51. The largest absolute Gasteiger partial charge is 0.481 e. The molecule has 4 heteroatoms. The summed E-state index contributed by atoms with van der Waals surface area (Å²) in [4.78, 5) is 23.3. The minimum atomic E-state index is -0.808. The van der Waals surface area contributed by atoms with E-state index in [9.17, 15) is 9.59 Å². The van der Waals surface area contributed by atoms with Gasteiger partial charge in [0.25, 0.3) is 0 Å². The van der Waals surface area contributed by atoms with Gasteiger partial charge in [0.05, 0.1) is 6.42 Å². The van der Waals surface area contributed by atoms with Crippen molar-refractivity contribution in [1.29, 1.82) is 0 Å². The molecule has 0 aliphatic rings. The Kier molecular flexibility index (Phi) is 5.20. The third-order valence-corrected chi connectivity index (χ3v) is 2.46. The fourth-order valence-corrected chi connectivity index (χ4v) is 1.67. The number of aldehydes is 1. The van der Waals surface area contributed by atoms with E-state index in [2.05, 4.69) is 0 Å². The lowest BCUT2D eigenvalue weighted by molar-refractivity contribution is -0.136. The molecular weight excluding hydrogens is 218 g/mol. The Morgan fingerprint density at radius 2 is 2.18 bits per heavy atom. The summed E-state index contributed by atoms with van der Waals surface area (Å²) < 4.78 is 0. The number of carboxylic acid groups (broad SMARTS) is 1. The van der Waals surface area contributed by atoms with Gasteiger partial charge in [-0.2, -0.15) is 0 Å². The first-order valence-electron chi connectivity index (χ1n) is 5.69. The van der Waals surface area contributed by atoms with Gasteiger partial charge in [0, 0.05) is 24.3 Å². The quantitative estimate of drug-likeness (QED) is 0.736. The van der Waals surface area contributed by atoms with Crippen LogP contribution in [0.15, 0.2) is 24.3 Å². The summed E-state index contributed by atoms with van der Waals surface area (Å²) in [5.74, 6) is -0.808. The Hall–Kier alpha value is -1.84. The number of hydrogen-bond donors (Lipinski definition) is 1. The van der Waals surface area contributed by atoms with Gasteiger partial charge in [-0.05, 0) is 18.6 Å². The number of carbonyl (C=O) groups is 2. The number of anilines is 1. The fourth-order valence-electron chi connectivity index (χ4n) is 1.67. The third kappa shape index (κ3) is 4.26. The molecule has 4 nitrogen and oxygen atoms in total. The van der Waals surface area contributed by atoms with Crippen molar-refractivity contribution in [3.05, 3.63) is 29.8 Å². The van der Waals surface area contributed by atoms with Crippen LogP contribution in [0, 0.1) is 0 Å². The summed E-state index contributed by atoms with van der Waals surface area (Å²) in [5, 5.41) is 8.70. The van der Waals surface area contributed by atoms with E-state index in [0.29, 0.717) is 12.1 Å². The van der Waals surface area contributed by atoms with Gasteiger partial charge in [0.15, 0.2) is 0 Å². The van der Waals surface area contributed by atoms with Gasteiger partial charge in [0.2, 0.25) is 0 Å². The van der Waals surface area contributed by atoms with Crippen molar-refractivity contribution in [3.8, 4) is 0 Å². The highest BCUT2D eigenvalue weighted by Crippen LogP contribution is 2.16. The second kappa shape index (κ2) is 6.68. The molecular formula is C13H17NO3. The molecule has 1 rings (SSSR count). The van der Waals surface area contributed by atoms with Crippen molar-refractivity contribution in [3.63, 3.8) is 0 Å². The van der Waals surface area contributed by atoms with E-state index in [1.807, 2.05) is 24.0 Å². The summed E-state index contributed by atoms with van der Waals surface area (Å²) >= 11 is 0. The molecule has 17 heavy (non-hydrogen) atoms. The van der Waals surface area contributed by atoms with Crippen LogP contribution in [0.3, 0.4) is 0 Å². The Morgan fingerprint density at radius 1 is 1.41 bits per heavy atom. The average Bonchev–Trinajstić information content (AvgIpc) is 2.34. The molecule has 0 aliphatic heterocycles. The summed E-state index contributed by atoms with van der Waals surface area (Å²) in [6.07, 6.45) is 1.83. The maximum Gasteiger partial charge on any atom is 0.305 e. The van der Waals surface area contributed by atoms with Crippen molar-refractivity contribution >= 4 is 17.9 Å². The first-order valence-corrected chi connectivity index (χ1v) is 5.69. The molecule has 0 saturated carbocycles. The molecule has 1 N–H and O–H groups in total. The van der Waals surface area contributed by atoms with Gasteiger partial charge in [-0.1, -0.05) is 19.1 Å².